The van der Waals surface area contributed by atoms with Crippen molar-refractivity contribution in [3.05, 3.63) is 16.7 Å². The summed E-state index contributed by atoms with van der Waals surface area (Å²) in [5.41, 5.74) is -0.985. The Bertz CT molecular complexity index is 1270. The number of fused-ring (bicyclic) bond motifs is 2. The van der Waals surface area contributed by atoms with E-state index in [0.717, 1.165) is 0 Å². The van der Waals surface area contributed by atoms with Gasteiger partial charge in [0.2, 0.25) is 5.95 Å². The van der Waals surface area contributed by atoms with Crippen molar-refractivity contribution in [1.82, 2.24) is 24.4 Å². The minimum Gasteiger partial charge on any atom is -0.414 e. The molecular weight excluding hydrogens is 548 g/mol. The Balaban J connectivity index is 1.83. The van der Waals surface area contributed by atoms with Crippen molar-refractivity contribution in [2.45, 2.75) is 109 Å². The fourth-order valence-electron chi connectivity index (χ4n) is 6.00. The van der Waals surface area contributed by atoms with Crippen LogP contribution in [0.15, 0.2) is 16.1 Å². The lowest BCUT2D eigenvalue weighted by molar-refractivity contribution is -0.0937. The summed E-state index contributed by atoms with van der Waals surface area (Å²) in [6.07, 6.45) is 0.781. The second-order valence-corrected chi connectivity index (χ2v) is 21.5. The van der Waals surface area contributed by atoms with Crippen molar-refractivity contribution >= 4 is 40.6 Å². The van der Waals surface area contributed by atoms with Crippen LogP contribution in [-0.2, 0) is 17.7 Å². The van der Waals surface area contributed by atoms with Crippen LogP contribution in [0, 0.1) is 0 Å². The number of rotatable bonds is 7. The molecule has 14 heteroatoms. The summed E-state index contributed by atoms with van der Waals surface area (Å²) in [5.74, 6) is 0.125. The molecule has 4 atom stereocenters. The Kier molecular flexibility index (Phi) is 8.56. The molecule has 0 unspecified atom stereocenters. The first-order valence-electron chi connectivity index (χ1n) is 14.1. The average Bonchev–Trinajstić information content (AvgIpc) is 3.35. The maximum absolute atomic E-state index is 12.8. The lowest BCUT2D eigenvalue weighted by atomic mass is 9.96. The topological polar surface area (TPSA) is 136 Å². The standard InChI is InChI=1S/C26H46N6O6Si2/c1-15(2)39(16(3)4)35-12-19-21(37-40(38-39,17(5)6)18(7)8)26(9,34)24(36-19)32-14-27-20-22(32)29-25(30-23(20)33)28-13-31(10)11/h13-19,21,24,34H,12H2,1-11H3,(H,29,30,33)/b28-13+/t19-,21-,24-,26-/m1/s1. The molecule has 0 saturated carbocycles. The predicted molar refractivity (Wildman–Crippen MR) is 158 cm³/mol. The second kappa shape index (κ2) is 11.0. The molecule has 4 heterocycles. The van der Waals surface area contributed by atoms with Crippen LogP contribution in [0.2, 0.25) is 22.2 Å². The highest BCUT2D eigenvalue weighted by Gasteiger charge is 2.64. The van der Waals surface area contributed by atoms with Crippen molar-refractivity contribution in [2.75, 3.05) is 20.7 Å². The van der Waals surface area contributed by atoms with Gasteiger partial charge in [-0.3, -0.25) is 14.3 Å². The number of H-pyrrole nitrogens is 1. The molecule has 0 amide bonds. The van der Waals surface area contributed by atoms with Crippen LogP contribution in [0.4, 0.5) is 5.95 Å². The van der Waals surface area contributed by atoms with Crippen molar-refractivity contribution in [1.29, 1.82) is 0 Å². The predicted octanol–water partition coefficient (Wildman–Crippen LogP) is 3.95. The van der Waals surface area contributed by atoms with E-state index < -0.39 is 46.7 Å². The van der Waals surface area contributed by atoms with Gasteiger partial charge in [0.15, 0.2) is 17.4 Å². The SMILES string of the molecule is CC(C)[Si]1(C(C)C)OC[C@H]2O[C@@H](n3cnc4c(=O)[nH]c(/N=C/N(C)C)nc43)[C@](C)(O)[C@@H]2O[Si](C(C)C)(C(C)C)O1. The molecule has 2 fully saturated rings. The maximum Gasteiger partial charge on any atom is 0.335 e. The minimum atomic E-state index is -2.99. The van der Waals surface area contributed by atoms with Gasteiger partial charge in [0.25, 0.3) is 5.56 Å². The van der Waals surface area contributed by atoms with Crippen LogP contribution in [0.3, 0.4) is 0 Å². The lowest BCUT2D eigenvalue weighted by Crippen LogP contribution is -2.66. The third kappa shape index (κ3) is 5.12. The molecule has 2 aromatic rings. The minimum absolute atomic E-state index is 0.0977. The first kappa shape index (κ1) is 31.0. The molecule has 0 aromatic carbocycles. The summed E-state index contributed by atoms with van der Waals surface area (Å²) in [6.45, 7) is 19.1. The number of aromatic nitrogens is 4. The van der Waals surface area contributed by atoms with Crippen LogP contribution in [0.1, 0.15) is 68.5 Å². The van der Waals surface area contributed by atoms with Crippen LogP contribution in [-0.4, -0.2) is 91.5 Å². The molecule has 2 saturated heterocycles. The lowest BCUT2D eigenvalue weighted by Gasteiger charge is -2.52. The third-order valence-corrected chi connectivity index (χ3v) is 18.4. The van der Waals surface area contributed by atoms with Crippen molar-refractivity contribution in [2.24, 2.45) is 4.99 Å². The number of imidazole rings is 1. The van der Waals surface area contributed by atoms with E-state index in [-0.39, 0.29) is 45.9 Å². The Labute approximate surface area is 238 Å². The number of hydrogen-bond acceptors (Lipinski definition) is 9. The second-order valence-electron chi connectivity index (χ2n) is 12.7. The zero-order valence-corrected chi connectivity index (χ0v) is 27.6. The summed E-state index contributed by atoms with van der Waals surface area (Å²) >= 11 is 0. The smallest absolute Gasteiger partial charge is 0.335 e. The van der Waals surface area contributed by atoms with Gasteiger partial charge in [0, 0.05) is 14.1 Å². The summed E-state index contributed by atoms with van der Waals surface area (Å²) in [5, 5.41) is 12.1. The molecule has 2 aliphatic rings. The maximum atomic E-state index is 12.8. The van der Waals surface area contributed by atoms with Gasteiger partial charge in [-0.05, 0) is 29.1 Å². The van der Waals surface area contributed by atoms with E-state index in [4.69, 9.17) is 17.7 Å². The number of aliphatic imine (C=N–C) groups is 1. The molecule has 2 aliphatic heterocycles. The number of nitrogens with one attached hydrogen (secondary N) is 1. The van der Waals surface area contributed by atoms with E-state index in [1.165, 1.54) is 6.33 Å². The molecule has 40 heavy (non-hydrogen) atoms. The Morgan fingerprint density at radius 3 is 2.27 bits per heavy atom. The molecule has 2 N–H and O–H groups in total. The number of aliphatic hydroxyl groups is 1. The normalized spacial score (nSPS) is 28.6. The molecule has 2 aromatic heterocycles. The van der Waals surface area contributed by atoms with Crippen LogP contribution in [0.5, 0.6) is 0 Å². The summed E-state index contributed by atoms with van der Waals surface area (Å²) < 4.78 is 29.3. The quantitative estimate of drug-likeness (QED) is 0.277. The van der Waals surface area contributed by atoms with Gasteiger partial charge < -0.3 is 27.7 Å². The van der Waals surface area contributed by atoms with E-state index in [9.17, 15) is 9.90 Å². The Morgan fingerprint density at radius 2 is 1.73 bits per heavy atom. The van der Waals surface area contributed by atoms with Crippen molar-refractivity contribution in [3.63, 3.8) is 0 Å². The molecule has 12 nitrogen and oxygen atoms in total. The average molecular weight is 595 g/mol. The van der Waals surface area contributed by atoms with Gasteiger partial charge in [-0.15, -0.1) is 0 Å². The van der Waals surface area contributed by atoms with Crippen molar-refractivity contribution in [3.8, 4) is 0 Å². The number of aromatic amines is 1. The number of hydrogen-bond donors (Lipinski definition) is 2. The van der Waals surface area contributed by atoms with Crippen molar-refractivity contribution < 1.29 is 22.8 Å². The molecule has 0 bridgehead atoms. The Hall–Kier alpha value is -1.95. The third-order valence-electron chi connectivity index (χ3n) is 8.12. The van der Waals surface area contributed by atoms with E-state index in [0.29, 0.717) is 0 Å². The largest absolute Gasteiger partial charge is 0.414 e. The Morgan fingerprint density at radius 1 is 1.12 bits per heavy atom. The van der Waals surface area contributed by atoms with E-state index in [1.807, 2.05) is 14.1 Å². The van der Waals surface area contributed by atoms with Crippen LogP contribution < -0.4 is 5.56 Å². The zero-order valence-electron chi connectivity index (χ0n) is 25.6. The fourth-order valence-corrected chi connectivity index (χ4v) is 17.3. The van der Waals surface area contributed by atoms with E-state index in [1.54, 1.807) is 22.7 Å². The first-order chi connectivity index (χ1) is 18.6. The van der Waals surface area contributed by atoms with Gasteiger partial charge in [0.05, 0.1) is 19.3 Å². The first-order valence-corrected chi connectivity index (χ1v) is 18.1. The molecular formula is C26H46N6O6Si2. The van der Waals surface area contributed by atoms with Crippen LogP contribution in [0.25, 0.3) is 11.2 Å². The van der Waals surface area contributed by atoms with Gasteiger partial charge in [-0.1, -0.05) is 55.4 Å². The van der Waals surface area contributed by atoms with E-state index in [2.05, 4.69) is 75.3 Å². The molecule has 224 valence electrons. The highest BCUT2D eigenvalue weighted by Crippen LogP contribution is 2.50. The number of nitrogens with zero attached hydrogens (tertiary/aromatic N) is 5. The zero-order chi connectivity index (χ0) is 29.8. The highest BCUT2D eigenvalue weighted by molar-refractivity contribution is 6.84. The van der Waals surface area contributed by atoms with Crippen LogP contribution >= 0.6 is 0 Å². The van der Waals surface area contributed by atoms with Gasteiger partial charge in [-0.25, -0.2) is 9.98 Å². The highest BCUT2D eigenvalue weighted by atomic mass is 28.5. The summed E-state index contributed by atoms with van der Waals surface area (Å²) in [4.78, 5) is 30.2. The fraction of sp³-hybridized carbons (Fsp3) is 0.769. The molecule has 4 rings (SSSR count). The number of ether oxygens (including phenoxy) is 1. The molecule has 0 aliphatic carbocycles. The summed E-state index contributed by atoms with van der Waals surface area (Å²) in [7, 11) is -2.12. The van der Waals surface area contributed by atoms with Gasteiger partial charge in [-0.2, -0.15) is 4.98 Å². The monoisotopic (exact) mass is 594 g/mol. The van der Waals surface area contributed by atoms with Gasteiger partial charge in [0.1, 0.15) is 17.8 Å². The summed E-state index contributed by atoms with van der Waals surface area (Å²) in [6, 6.07) is 0. The van der Waals surface area contributed by atoms with E-state index >= 15 is 0 Å². The van der Waals surface area contributed by atoms with Gasteiger partial charge >= 0.3 is 17.1 Å². The molecule has 0 spiro atoms. The molecule has 0 radical (unpaired) electrons.